The molecule has 2 N–H and O–H groups in total. The normalized spacial score (nSPS) is 17.5. The van der Waals surface area contributed by atoms with E-state index in [2.05, 4.69) is 21.3 Å². The minimum atomic E-state index is -0.412. The van der Waals surface area contributed by atoms with Crippen LogP contribution in [0.5, 0.6) is 0 Å². The minimum absolute atomic E-state index is 0.0385. The van der Waals surface area contributed by atoms with Gasteiger partial charge in [-0.05, 0) is 25.9 Å². The fourth-order valence-electron chi connectivity index (χ4n) is 1.28. The van der Waals surface area contributed by atoms with Crippen LogP contribution < -0.4 is 10.6 Å². The number of amides is 1. The van der Waals surface area contributed by atoms with Crippen molar-refractivity contribution < 1.29 is 9.53 Å². The van der Waals surface area contributed by atoms with E-state index in [1.165, 1.54) is 0 Å². The molecule has 1 aliphatic heterocycles. The zero-order valence-corrected chi connectivity index (χ0v) is 7.51. The quantitative estimate of drug-likeness (QED) is 0.595. The average molecular weight is 182 g/mol. The average Bonchev–Trinajstić information content (AvgIpc) is 2.16. The fourth-order valence-corrected chi connectivity index (χ4v) is 1.28. The molecule has 1 aliphatic rings. The van der Waals surface area contributed by atoms with Gasteiger partial charge in [0.1, 0.15) is 0 Å². The zero-order chi connectivity index (χ0) is 9.52. The van der Waals surface area contributed by atoms with Gasteiger partial charge in [-0.2, -0.15) is 0 Å². The zero-order valence-electron chi connectivity index (χ0n) is 7.51. The molecule has 0 aromatic rings. The molecule has 0 aromatic carbocycles. The Kier molecular flexibility index (Phi) is 4.13. The lowest BCUT2D eigenvalue weighted by atomic mass is 10.1. The first-order chi connectivity index (χ1) is 6.33. The number of alkyl carbamates (subject to hydrolysis) is 1. The monoisotopic (exact) mass is 182 g/mol. The van der Waals surface area contributed by atoms with Gasteiger partial charge in [-0.1, -0.05) is 5.92 Å². The van der Waals surface area contributed by atoms with Crippen LogP contribution in [0.2, 0.25) is 0 Å². The summed E-state index contributed by atoms with van der Waals surface area (Å²) in [5.41, 5.74) is 0. The molecule has 1 rings (SSSR count). The van der Waals surface area contributed by atoms with Crippen LogP contribution in [0.4, 0.5) is 4.79 Å². The summed E-state index contributed by atoms with van der Waals surface area (Å²) in [6, 6.07) is 0.228. The third-order valence-electron chi connectivity index (χ3n) is 1.95. The van der Waals surface area contributed by atoms with E-state index in [1.54, 1.807) is 0 Å². The van der Waals surface area contributed by atoms with Gasteiger partial charge in [0, 0.05) is 6.04 Å². The van der Waals surface area contributed by atoms with Gasteiger partial charge in [0.15, 0.2) is 6.61 Å². The van der Waals surface area contributed by atoms with Crippen molar-refractivity contribution in [1.29, 1.82) is 0 Å². The van der Waals surface area contributed by atoms with Crippen LogP contribution in [-0.4, -0.2) is 31.8 Å². The summed E-state index contributed by atoms with van der Waals surface area (Å²) in [4.78, 5) is 11.0. The van der Waals surface area contributed by atoms with Gasteiger partial charge in [-0.25, -0.2) is 4.79 Å². The molecule has 0 atom stereocenters. The molecule has 0 radical (unpaired) electrons. The van der Waals surface area contributed by atoms with Gasteiger partial charge in [0.05, 0.1) is 0 Å². The number of carbonyl (C=O) groups is 1. The highest BCUT2D eigenvalue weighted by molar-refractivity contribution is 5.67. The lowest BCUT2D eigenvalue weighted by Crippen LogP contribution is -2.42. The van der Waals surface area contributed by atoms with Gasteiger partial charge < -0.3 is 15.4 Å². The highest BCUT2D eigenvalue weighted by Gasteiger charge is 2.15. The van der Waals surface area contributed by atoms with E-state index in [-0.39, 0.29) is 12.6 Å². The molecular formula is C9H14N2O2. The Morgan fingerprint density at radius 3 is 2.92 bits per heavy atom. The second kappa shape index (κ2) is 5.44. The van der Waals surface area contributed by atoms with Crippen molar-refractivity contribution in [2.45, 2.75) is 18.9 Å². The number of piperidine rings is 1. The van der Waals surface area contributed by atoms with Gasteiger partial charge >= 0.3 is 6.09 Å². The summed E-state index contributed by atoms with van der Waals surface area (Å²) in [6.45, 7) is 1.93. The van der Waals surface area contributed by atoms with Crippen molar-refractivity contribution in [1.82, 2.24) is 10.6 Å². The topological polar surface area (TPSA) is 50.4 Å². The lowest BCUT2D eigenvalue weighted by molar-refractivity contribution is 0.153. The number of nitrogens with one attached hydrogen (secondary N) is 2. The van der Waals surface area contributed by atoms with Crippen molar-refractivity contribution in [2.75, 3.05) is 19.7 Å². The van der Waals surface area contributed by atoms with Crippen molar-refractivity contribution in [3.8, 4) is 12.3 Å². The molecule has 4 heteroatoms. The van der Waals surface area contributed by atoms with E-state index in [4.69, 9.17) is 6.42 Å². The maximum absolute atomic E-state index is 11.0. The van der Waals surface area contributed by atoms with Gasteiger partial charge in [-0.3, -0.25) is 0 Å². The maximum Gasteiger partial charge on any atom is 0.408 e. The second-order valence-corrected chi connectivity index (χ2v) is 2.95. The lowest BCUT2D eigenvalue weighted by Gasteiger charge is -2.22. The van der Waals surface area contributed by atoms with E-state index in [0.29, 0.717) is 0 Å². The van der Waals surface area contributed by atoms with Crippen LogP contribution in [0, 0.1) is 12.3 Å². The number of carbonyl (C=O) groups excluding carboxylic acids is 1. The molecule has 13 heavy (non-hydrogen) atoms. The molecule has 1 saturated heterocycles. The van der Waals surface area contributed by atoms with Crippen LogP contribution in [0.25, 0.3) is 0 Å². The molecule has 1 fully saturated rings. The molecule has 1 amide bonds. The third-order valence-corrected chi connectivity index (χ3v) is 1.95. The van der Waals surface area contributed by atoms with E-state index < -0.39 is 6.09 Å². The first-order valence-electron chi connectivity index (χ1n) is 4.40. The predicted octanol–water partition coefficient (Wildman–Crippen LogP) is 0.0978. The fraction of sp³-hybridized carbons (Fsp3) is 0.667. The Balaban J connectivity index is 2.15. The standard InChI is InChI=1S/C9H14N2O2/c1-2-7-13-9(12)11-8-3-5-10-6-4-8/h1,8,10H,3-7H2,(H,11,12). The largest absolute Gasteiger partial charge is 0.436 e. The number of ether oxygens (including phenoxy) is 1. The molecule has 0 aromatic heterocycles. The molecule has 0 saturated carbocycles. The summed E-state index contributed by atoms with van der Waals surface area (Å²) < 4.78 is 4.69. The Morgan fingerprint density at radius 2 is 2.31 bits per heavy atom. The number of terminal acetylenes is 1. The third kappa shape index (κ3) is 3.81. The molecule has 0 spiro atoms. The van der Waals surface area contributed by atoms with Gasteiger partial charge in [0.2, 0.25) is 0 Å². The van der Waals surface area contributed by atoms with Gasteiger partial charge in [-0.15, -0.1) is 6.42 Å². The molecule has 1 heterocycles. The number of hydrogen-bond donors (Lipinski definition) is 2. The van der Waals surface area contributed by atoms with E-state index in [1.807, 2.05) is 0 Å². The first kappa shape index (κ1) is 9.87. The molecule has 72 valence electrons. The van der Waals surface area contributed by atoms with Crippen molar-refractivity contribution in [3.63, 3.8) is 0 Å². The van der Waals surface area contributed by atoms with Crippen LogP contribution in [0.1, 0.15) is 12.8 Å². The minimum Gasteiger partial charge on any atom is -0.436 e. The maximum atomic E-state index is 11.0. The summed E-state index contributed by atoms with van der Waals surface area (Å²) in [7, 11) is 0. The van der Waals surface area contributed by atoms with Crippen LogP contribution in [0.15, 0.2) is 0 Å². The van der Waals surface area contributed by atoms with Crippen LogP contribution >= 0.6 is 0 Å². The highest BCUT2D eigenvalue weighted by Crippen LogP contribution is 2.01. The SMILES string of the molecule is C#CCOC(=O)NC1CCNCC1. The molecule has 0 unspecified atom stereocenters. The molecular weight excluding hydrogens is 168 g/mol. The summed E-state index contributed by atoms with van der Waals surface area (Å²) in [6.07, 6.45) is 6.43. The van der Waals surface area contributed by atoms with Crippen molar-refractivity contribution in [2.24, 2.45) is 0 Å². The second-order valence-electron chi connectivity index (χ2n) is 2.95. The molecule has 4 nitrogen and oxygen atoms in total. The van der Waals surface area contributed by atoms with E-state index >= 15 is 0 Å². The molecule has 0 bridgehead atoms. The smallest absolute Gasteiger partial charge is 0.408 e. The summed E-state index contributed by atoms with van der Waals surface area (Å²) in [5.74, 6) is 2.24. The van der Waals surface area contributed by atoms with E-state index in [0.717, 1.165) is 25.9 Å². The first-order valence-corrected chi connectivity index (χ1v) is 4.40. The van der Waals surface area contributed by atoms with Crippen molar-refractivity contribution >= 4 is 6.09 Å². The van der Waals surface area contributed by atoms with Crippen molar-refractivity contribution in [3.05, 3.63) is 0 Å². The summed E-state index contributed by atoms with van der Waals surface area (Å²) in [5, 5.41) is 5.96. The number of hydrogen-bond acceptors (Lipinski definition) is 3. The highest BCUT2D eigenvalue weighted by atomic mass is 16.5. The Hall–Kier alpha value is -1.21. The Bertz CT molecular complexity index is 204. The Morgan fingerprint density at radius 1 is 1.62 bits per heavy atom. The molecule has 0 aliphatic carbocycles. The Labute approximate surface area is 78.0 Å². The van der Waals surface area contributed by atoms with E-state index in [9.17, 15) is 4.79 Å². The van der Waals surface area contributed by atoms with Gasteiger partial charge in [0.25, 0.3) is 0 Å². The van der Waals surface area contributed by atoms with Crippen LogP contribution in [0.3, 0.4) is 0 Å². The predicted molar refractivity (Wildman–Crippen MR) is 49.2 cm³/mol. The summed E-state index contributed by atoms with van der Waals surface area (Å²) >= 11 is 0. The number of rotatable bonds is 2. The van der Waals surface area contributed by atoms with Crippen LogP contribution in [-0.2, 0) is 4.74 Å².